The number of nitrogens with zero attached hydrogens (tertiary/aromatic N) is 4. The van der Waals surface area contributed by atoms with E-state index in [1.165, 1.54) is 21.5 Å². The number of rotatable bonds is 4. The second-order valence-electron chi connectivity index (χ2n) is 13.6. The first-order chi connectivity index (χ1) is 26.7. The minimum Gasteiger partial charge on any atom is -0.238 e. The molecule has 0 fully saturated rings. The van der Waals surface area contributed by atoms with Crippen LogP contribution < -0.4 is 0 Å². The Kier molecular flexibility index (Phi) is 7.22. The van der Waals surface area contributed by atoms with Gasteiger partial charge >= 0.3 is 0 Å². The third-order valence-electron chi connectivity index (χ3n) is 10.4. The van der Waals surface area contributed by atoms with Gasteiger partial charge in [-0.25, -0.2) is 14.8 Å². The van der Waals surface area contributed by atoms with Gasteiger partial charge in [-0.05, 0) is 108 Å². The van der Waals surface area contributed by atoms with Gasteiger partial charge in [0.1, 0.15) is 0 Å². The molecule has 10 aromatic rings. The second-order valence-corrected chi connectivity index (χ2v) is 13.6. The Morgan fingerprint density at radius 3 is 1.72 bits per heavy atom. The predicted molar refractivity (Wildman–Crippen MR) is 222 cm³/mol. The van der Waals surface area contributed by atoms with Gasteiger partial charge in [0, 0.05) is 16.5 Å². The quantitative estimate of drug-likeness (QED) is 0.137. The number of aromatic nitrogens is 2. The lowest BCUT2D eigenvalue weighted by Gasteiger charge is -2.18. The predicted octanol–water partition coefficient (Wildman–Crippen LogP) is 13.3. The molecule has 248 valence electrons. The highest BCUT2D eigenvalue weighted by Gasteiger charge is 2.21. The van der Waals surface area contributed by atoms with Crippen LogP contribution in [0.5, 0.6) is 0 Å². The van der Waals surface area contributed by atoms with E-state index in [2.05, 4.69) is 132 Å². The molecule has 1 aromatic heterocycles. The van der Waals surface area contributed by atoms with Crippen LogP contribution in [0, 0.1) is 17.9 Å². The van der Waals surface area contributed by atoms with E-state index in [4.69, 9.17) is 16.5 Å². The number of fused-ring (bicyclic) bond motifs is 7. The van der Waals surface area contributed by atoms with Crippen LogP contribution in [0.3, 0.4) is 0 Å². The fourth-order valence-corrected chi connectivity index (χ4v) is 7.96. The van der Waals surface area contributed by atoms with Crippen molar-refractivity contribution in [2.75, 3.05) is 0 Å². The molecule has 10 rings (SSSR count). The Bertz CT molecular complexity index is 3260. The molecule has 0 amide bonds. The highest BCUT2D eigenvalue weighted by atomic mass is 14.9. The highest BCUT2D eigenvalue weighted by molar-refractivity contribution is 6.19. The van der Waals surface area contributed by atoms with Crippen LogP contribution >= 0.6 is 0 Å². The molecule has 0 spiro atoms. The number of hydrogen-bond acceptors (Lipinski definition) is 3. The van der Waals surface area contributed by atoms with E-state index in [9.17, 15) is 5.26 Å². The minimum absolute atomic E-state index is 0.512. The molecule has 1 heterocycles. The lowest BCUT2D eigenvalue weighted by molar-refractivity contribution is 1.23. The van der Waals surface area contributed by atoms with E-state index >= 15 is 0 Å². The third kappa shape index (κ3) is 5.06. The van der Waals surface area contributed by atoms with Gasteiger partial charge in [0.05, 0.1) is 29.4 Å². The molecule has 0 N–H and O–H groups in total. The number of nitriles is 1. The van der Waals surface area contributed by atoms with E-state index < -0.39 is 0 Å². The average Bonchev–Trinajstić information content (AvgIpc) is 3.25. The highest BCUT2D eigenvalue weighted by Crippen LogP contribution is 2.44. The van der Waals surface area contributed by atoms with Crippen molar-refractivity contribution in [1.82, 2.24) is 9.97 Å². The molecule has 54 heavy (non-hydrogen) atoms. The van der Waals surface area contributed by atoms with Gasteiger partial charge in [-0.3, -0.25) is 0 Å². The molecule has 0 saturated carbocycles. The van der Waals surface area contributed by atoms with Crippen LogP contribution in [0.4, 0.5) is 5.69 Å². The van der Waals surface area contributed by atoms with Crippen molar-refractivity contribution < 1.29 is 0 Å². The zero-order valence-corrected chi connectivity index (χ0v) is 29.0. The summed E-state index contributed by atoms with van der Waals surface area (Å²) in [6, 6.07) is 60.7. The van der Waals surface area contributed by atoms with Crippen molar-refractivity contribution in [2.45, 2.75) is 0 Å². The molecule has 0 bridgehead atoms. The fourth-order valence-electron chi connectivity index (χ4n) is 7.96. The Morgan fingerprint density at radius 2 is 1.04 bits per heavy atom. The monoisotopic (exact) mass is 684 g/mol. The van der Waals surface area contributed by atoms with Gasteiger partial charge in [-0.1, -0.05) is 127 Å². The molecule has 0 saturated heterocycles. The molecule has 0 radical (unpaired) electrons. The summed E-state index contributed by atoms with van der Waals surface area (Å²) in [5, 5.41) is 20.0. The molecule has 9 aromatic carbocycles. The van der Waals surface area contributed by atoms with Crippen molar-refractivity contribution in [1.29, 1.82) is 5.26 Å². The summed E-state index contributed by atoms with van der Waals surface area (Å²) in [6.45, 7) is 7.83. The van der Waals surface area contributed by atoms with E-state index in [-0.39, 0.29) is 0 Å². The molecule has 0 aliphatic rings. The Labute approximate surface area is 311 Å². The van der Waals surface area contributed by atoms with Gasteiger partial charge < -0.3 is 0 Å². The Balaban J connectivity index is 1.40. The molecular formula is C50H28N4. The summed E-state index contributed by atoms with van der Waals surface area (Å²) in [6.07, 6.45) is 0. The van der Waals surface area contributed by atoms with Crippen LogP contribution in [0.1, 0.15) is 5.56 Å². The summed E-state index contributed by atoms with van der Waals surface area (Å²) in [7, 11) is 0. The topological polar surface area (TPSA) is 53.9 Å². The lowest BCUT2D eigenvalue weighted by Crippen LogP contribution is -1.99. The smallest absolute Gasteiger partial charge is 0.187 e. The van der Waals surface area contributed by atoms with E-state index in [0.717, 1.165) is 71.5 Å². The first-order valence-electron chi connectivity index (χ1n) is 17.8. The van der Waals surface area contributed by atoms with E-state index in [1.807, 2.05) is 42.5 Å². The van der Waals surface area contributed by atoms with Crippen molar-refractivity contribution in [2.24, 2.45) is 0 Å². The van der Waals surface area contributed by atoms with Gasteiger partial charge in [0.25, 0.3) is 0 Å². The Morgan fingerprint density at radius 1 is 0.444 bits per heavy atom. The second kappa shape index (κ2) is 12.5. The van der Waals surface area contributed by atoms with Crippen LogP contribution in [-0.2, 0) is 0 Å². The molecular weight excluding hydrogens is 657 g/mol. The number of benzene rings is 9. The fraction of sp³-hybridized carbons (Fsp3) is 0. The standard InChI is InChI=1S/C50H28N4/c1-52-37-17-11-15-34(25-37)48-47-29-36(44-26-32-13-2-4-18-38(32)40-20-6-8-22-42(40)44)28-46(49(47)54-50(53-48)35-16-10-12-31(24-35)30-51)45-27-33-14-3-5-19-39(33)41-21-7-9-23-43(41)45/h2-29H. The van der Waals surface area contributed by atoms with Crippen molar-refractivity contribution in [3.8, 4) is 51.0 Å². The van der Waals surface area contributed by atoms with E-state index in [0.29, 0.717) is 17.1 Å². The first-order valence-corrected chi connectivity index (χ1v) is 17.8. The third-order valence-corrected chi connectivity index (χ3v) is 10.4. The minimum atomic E-state index is 0.512. The van der Waals surface area contributed by atoms with Crippen LogP contribution in [-0.4, -0.2) is 9.97 Å². The summed E-state index contributed by atoms with van der Waals surface area (Å²) >= 11 is 0. The maximum atomic E-state index is 9.81. The van der Waals surface area contributed by atoms with Crippen LogP contribution in [0.25, 0.3) is 104 Å². The molecule has 4 nitrogen and oxygen atoms in total. The molecule has 4 heteroatoms. The van der Waals surface area contributed by atoms with Crippen LogP contribution in [0.15, 0.2) is 170 Å². The van der Waals surface area contributed by atoms with Crippen LogP contribution in [0.2, 0.25) is 0 Å². The molecule has 0 atom stereocenters. The number of hydrogen-bond donors (Lipinski definition) is 0. The Hall–Kier alpha value is -7.66. The zero-order chi connectivity index (χ0) is 36.2. The zero-order valence-electron chi connectivity index (χ0n) is 29.0. The maximum Gasteiger partial charge on any atom is 0.187 e. The maximum absolute atomic E-state index is 9.81. The molecule has 0 unspecified atom stereocenters. The summed E-state index contributed by atoms with van der Waals surface area (Å²) in [5.74, 6) is 0.512. The lowest BCUT2D eigenvalue weighted by atomic mass is 9.87. The SMILES string of the molecule is [C-]#[N+]c1cccc(-c2nc(-c3cccc(C#N)c3)nc3c(-c4cc5ccccc5c5ccccc45)cc(-c4cc5ccccc5c5ccccc45)cc23)c1. The normalized spacial score (nSPS) is 11.3. The largest absolute Gasteiger partial charge is 0.238 e. The van der Waals surface area contributed by atoms with Crippen molar-refractivity contribution >= 4 is 59.7 Å². The van der Waals surface area contributed by atoms with Crippen molar-refractivity contribution in [3.63, 3.8) is 0 Å². The van der Waals surface area contributed by atoms with Crippen molar-refractivity contribution in [3.05, 3.63) is 187 Å². The first kappa shape index (κ1) is 31.1. The van der Waals surface area contributed by atoms with Gasteiger partial charge in [-0.2, -0.15) is 5.26 Å². The summed E-state index contributed by atoms with van der Waals surface area (Å²) in [4.78, 5) is 14.4. The van der Waals surface area contributed by atoms with Gasteiger partial charge in [0.15, 0.2) is 11.5 Å². The molecule has 0 aliphatic heterocycles. The molecule has 0 aliphatic carbocycles. The average molecular weight is 685 g/mol. The van der Waals surface area contributed by atoms with E-state index in [1.54, 1.807) is 6.07 Å². The summed E-state index contributed by atoms with van der Waals surface area (Å²) < 4.78 is 0. The summed E-state index contributed by atoms with van der Waals surface area (Å²) in [5.41, 5.74) is 8.35. The van der Waals surface area contributed by atoms with Gasteiger partial charge in [0.2, 0.25) is 0 Å². The van der Waals surface area contributed by atoms with Gasteiger partial charge in [-0.15, -0.1) is 0 Å².